The number of hydrogen-bond acceptors (Lipinski definition) is 4. The number of carbonyl (C=O) groups is 1. The molecule has 0 saturated carbocycles. The van der Waals surface area contributed by atoms with Crippen LogP contribution in [0.4, 0.5) is 0 Å². The third-order valence-electron chi connectivity index (χ3n) is 3.46. The van der Waals surface area contributed by atoms with Crippen LogP contribution in [0, 0.1) is 6.92 Å². The topological polar surface area (TPSA) is 52.3 Å². The SMILES string of the molecule is CCOC(=O)c1c(-c2ccc3ccccc3c2Br)noc1C. The zero-order valence-electron chi connectivity index (χ0n) is 12.2. The minimum absolute atomic E-state index is 0.307. The van der Waals surface area contributed by atoms with E-state index in [1.54, 1.807) is 13.8 Å². The minimum atomic E-state index is -0.420. The van der Waals surface area contributed by atoms with E-state index in [4.69, 9.17) is 9.26 Å². The lowest BCUT2D eigenvalue weighted by atomic mass is 10.0. The molecule has 4 nitrogen and oxygen atoms in total. The summed E-state index contributed by atoms with van der Waals surface area (Å²) in [4.78, 5) is 12.2. The van der Waals surface area contributed by atoms with Crippen LogP contribution in [0.1, 0.15) is 23.0 Å². The first-order chi connectivity index (χ1) is 10.6. The lowest BCUT2D eigenvalue weighted by Crippen LogP contribution is -2.06. The van der Waals surface area contributed by atoms with Crippen molar-refractivity contribution in [2.24, 2.45) is 0 Å². The van der Waals surface area contributed by atoms with Gasteiger partial charge in [0.15, 0.2) is 0 Å². The number of rotatable bonds is 3. The van der Waals surface area contributed by atoms with Gasteiger partial charge in [0.1, 0.15) is 17.0 Å². The van der Waals surface area contributed by atoms with Crippen molar-refractivity contribution < 1.29 is 14.1 Å². The molecule has 0 atom stereocenters. The largest absolute Gasteiger partial charge is 0.462 e. The molecule has 0 spiro atoms. The number of aromatic nitrogens is 1. The predicted octanol–water partition coefficient (Wildman–Crippen LogP) is 4.74. The molecule has 3 rings (SSSR count). The van der Waals surface area contributed by atoms with Crippen LogP contribution >= 0.6 is 15.9 Å². The number of fused-ring (bicyclic) bond motifs is 1. The Morgan fingerprint density at radius 3 is 2.82 bits per heavy atom. The minimum Gasteiger partial charge on any atom is -0.462 e. The van der Waals surface area contributed by atoms with E-state index in [1.165, 1.54) is 0 Å². The molecular weight excluding hydrogens is 346 g/mol. The zero-order valence-corrected chi connectivity index (χ0v) is 13.8. The summed E-state index contributed by atoms with van der Waals surface area (Å²) < 4.78 is 11.2. The average molecular weight is 360 g/mol. The standard InChI is InChI=1S/C17H14BrNO3/c1-3-21-17(20)14-10(2)22-19-16(14)13-9-8-11-6-4-5-7-12(11)15(13)18/h4-9H,3H2,1-2H3. The van der Waals surface area contributed by atoms with E-state index < -0.39 is 5.97 Å². The van der Waals surface area contributed by atoms with Crippen molar-refractivity contribution in [1.29, 1.82) is 0 Å². The Balaban J connectivity index is 2.20. The summed E-state index contributed by atoms with van der Waals surface area (Å²) in [5.41, 5.74) is 1.67. The highest BCUT2D eigenvalue weighted by Gasteiger charge is 2.24. The maximum absolute atomic E-state index is 12.2. The molecule has 0 radical (unpaired) electrons. The number of ether oxygens (including phenoxy) is 1. The summed E-state index contributed by atoms with van der Waals surface area (Å²) in [6.45, 7) is 3.78. The van der Waals surface area contributed by atoms with Crippen LogP contribution in [0.5, 0.6) is 0 Å². The Kier molecular flexibility index (Phi) is 3.98. The fourth-order valence-electron chi connectivity index (χ4n) is 2.42. The summed E-state index contributed by atoms with van der Waals surface area (Å²) in [7, 11) is 0. The first kappa shape index (κ1) is 14.8. The molecule has 0 saturated heterocycles. The van der Waals surface area contributed by atoms with Crippen molar-refractivity contribution in [2.45, 2.75) is 13.8 Å². The van der Waals surface area contributed by atoms with E-state index in [-0.39, 0.29) is 0 Å². The van der Waals surface area contributed by atoms with Crippen LogP contribution in [-0.4, -0.2) is 17.7 Å². The molecule has 0 aliphatic carbocycles. The van der Waals surface area contributed by atoms with Gasteiger partial charge < -0.3 is 9.26 Å². The lowest BCUT2D eigenvalue weighted by Gasteiger charge is -2.07. The van der Waals surface area contributed by atoms with Crippen LogP contribution in [0.2, 0.25) is 0 Å². The van der Waals surface area contributed by atoms with Gasteiger partial charge in [-0.25, -0.2) is 4.79 Å². The quantitative estimate of drug-likeness (QED) is 0.633. The molecule has 1 aromatic heterocycles. The summed E-state index contributed by atoms with van der Waals surface area (Å²) in [5, 5.41) is 6.21. The maximum Gasteiger partial charge on any atom is 0.344 e. The van der Waals surface area contributed by atoms with Gasteiger partial charge in [0.05, 0.1) is 6.61 Å². The fraction of sp³-hybridized carbons (Fsp3) is 0.176. The van der Waals surface area contributed by atoms with Crippen molar-refractivity contribution >= 4 is 32.7 Å². The predicted molar refractivity (Wildman–Crippen MR) is 87.8 cm³/mol. The molecule has 0 fully saturated rings. The Bertz CT molecular complexity index is 854. The summed E-state index contributed by atoms with van der Waals surface area (Å²) >= 11 is 3.62. The summed E-state index contributed by atoms with van der Waals surface area (Å²) in [5.74, 6) is 0.0322. The molecule has 0 N–H and O–H groups in total. The van der Waals surface area contributed by atoms with Crippen molar-refractivity contribution in [3.63, 3.8) is 0 Å². The van der Waals surface area contributed by atoms with Crippen LogP contribution in [0.15, 0.2) is 45.4 Å². The third-order valence-corrected chi connectivity index (χ3v) is 4.32. The van der Waals surface area contributed by atoms with Gasteiger partial charge in [-0.2, -0.15) is 0 Å². The van der Waals surface area contributed by atoms with E-state index in [0.717, 1.165) is 20.8 Å². The fourth-order valence-corrected chi connectivity index (χ4v) is 3.10. The highest BCUT2D eigenvalue weighted by molar-refractivity contribution is 9.10. The van der Waals surface area contributed by atoms with Crippen molar-refractivity contribution in [3.05, 3.63) is 52.2 Å². The van der Waals surface area contributed by atoms with Gasteiger partial charge in [0, 0.05) is 10.0 Å². The number of benzene rings is 2. The number of esters is 1. The molecule has 0 amide bonds. The Hall–Kier alpha value is -2.14. The third kappa shape index (κ3) is 2.41. The van der Waals surface area contributed by atoms with E-state index >= 15 is 0 Å². The molecule has 3 aromatic rings. The molecule has 22 heavy (non-hydrogen) atoms. The number of halogens is 1. The van der Waals surface area contributed by atoms with Gasteiger partial charge in [0.25, 0.3) is 0 Å². The van der Waals surface area contributed by atoms with Crippen LogP contribution in [-0.2, 0) is 4.74 Å². The molecule has 0 bridgehead atoms. The van der Waals surface area contributed by atoms with Gasteiger partial charge >= 0.3 is 5.97 Å². The number of aryl methyl sites for hydroxylation is 1. The molecule has 2 aromatic carbocycles. The van der Waals surface area contributed by atoms with E-state index in [2.05, 4.69) is 21.1 Å². The van der Waals surface area contributed by atoms with Gasteiger partial charge in [-0.05, 0) is 40.5 Å². The second-order valence-corrected chi connectivity index (χ2v) is 5.62. The average Bonchev–Trinajstić information content (AvgIpc) is 2.90. The first-order valence-corrected chi connectivity index (χ1v) is 7.73. The molecule has 0 aliphatic rings. The maximum atomic E-state index is 12.2. The van der Waals surface area contributed by atoms with Crippen LogP contribution in [0.25, 0.3) is 22.0 Å². The van der Waals surface area contributed by atoms with Gasteiger partial charge in [0.2, 0.25) is 0 Å². The van der Waals surface area contributed by atoms with E-state index in [1.807, 2.05) is 36.4 Å². The molecule has 1 heterocycles. The highest BCUT2D eigenvalue weighted by atomic mass is 79.9. The molecule has 0 unspecified atom stereocenters. The first-order valence-electron chi connectivity index (χ1n) is 6.94. The highest BCUT2D eigenvalue weighted by Crippen LogP contribution is 2.36. The van der Waals surface area contributed by atoms with Gasteiger partial charge in [-0.15, -0.1) is 0 Å². The summed E-state index contributed by atoms with van der Waals surface area (Å²) in [6, 6.07) is 11.9. The van der Waals surface area contributed by atoms with Crippen molar-refractivity contribution in [1.82, 2.24) is 5.16 Å². The second kappa shape index (κ2) is 5.93. The van der Waals surface area contributed by atoms with Crippen LogP contribution in [0.3, 0.4) is 0 Å². The molecule has 5 heteroatoms. The number of nitrogens with zero attached hydrogens (tertiary/aromatic N) is 1. The Labute approximate surface area is 136 Å². The van der Waals surface area contributed by atoms with Gasteiger partial charge in [-0.1, -0.05) is 41.6 Å². The zero-order chi connectivity index (χ0) is 15.7. The smallest absolute Gasteiger partial charge is 0.344 e. The number of carbonyl (C=O) groups excluding carboxylic acids is 1. The van der Waals surface area contributed by atoms with E-state index in [0.29, 0.717) is 23.6 Å². The molecule has 0 aliphatic heterocycles. The monoisotopic (exact) mass is 359 g/mol. The molecular formula is C17H14BrNO3. The Morgan fingerprint density at radius 1 is 1.27 bits per heavy atom. The van der Waals surface area contributed by atoms with E-state index in [9.17, 15) is 4.79 Å². The van der Waals surface area contributed by atoms with Crippen molar-refractivity contribution in [2.75, 3.05) is 6.61 Å². The molecule has 112 valence electrons. The van der Waals surface area contributed by atoms with Gasteiger partial charge in [-0.3, -0.25) is 0 Å². The second-order valence-electron chi connectivity index (χ2n) is 4.83. The normalized spacial score (nSPS) is 10.9. The van der Waals surface area contributed by atoms with Crippen molar-refractivity contribution in [3.8, 4) is 11.3 Å². The lowest BCUT2D eigenvalue weighted by molar-refractivity contribution is 0.0525. The van der Waals surface area contributed by atoms with Crippen LogP contribution < -0.4 is 0 Å². The summed E-state index contributed by atoms with van der Waals surface area (Å²) in [6.07, 6.45) is 0. The number of hydrogen-bond donors (Lipinski definition) is 0. The Morgan fingerprint density at radius 2 is 2.05 bits per heavy atom.